The van der Waals surface area contributed by atoms with E-state index in [9.17, 15) is 9.59 Å². The van der Waals surface area contributed by atoms with Crippen LogP contribution in [0.1, 0.15) is 5.69 Å². The predicted molar refractivity (Wildman–Crippen MR) is 78.8 cm³/mol. The van der Waals surface area contributed by atoms with Crippen molar-refractivity contribution in [1.29, 1.82) is 0 Å². The molecular formula is C13H10N4O3S. The van der Waals surface area contributed by atoms with Gasteiger partial charge in [-0.3, -0.25) is 9.59 Å². The molecule has 0 aliphatic heterocycles. The molecule has 1 aromatic carbocycles. The zero-order valence-corrected chi connectivity index (χ0v) is 11.5. The topological polar surface area (TPSA) is 111 Å². The highest BCUT2D eigenvalue weighted by Crippen LogP contribution is 2.16. The number of nitrogen functional groups attached to an aromatic ring is 1. The van der Waals surface area contributed by atoms with Crippen LogP contribution in [-0.2, 0) is 11.2 Å². The van der Waals surface area contributed by atoms with E-state index in [1.807, 2.05) is 0 Å². The molecule has 0 radical (unpaired) electrons. The van der Waals surface area contributed by atoms with Crippen LogP contribution in [0.4, 0.5) is 5.69 Å². The Morgan fingerprint density at radius 2 is 2.24 bits per heavy atom. The normalized spacial score (nSPS) is 10.9. The Bertz CT molecular complexity index is 900. The van der Waals surface area contributed by atoms with Crippen LogP contribution in [0.3, 0.4) is 0 Å². The van der Waals surface area contributed by atoms with Gasteiger partial charge < -0.3 is 10.8 Å². The van der Waals surface area contributed by atoms with Crippen LogP contribution >= 0.6 is 11.3 Å². The molecule has 106 valence electrons. The molecule has 0 fully saturated rings. The second kappa shape index (κ2) is 4.98. The minimum atomic E-state index is -0.969. The van der Waals surface area contributed by atoms with Crippen LogP contribution in [0.25, 0.3) is 16.0 Å². The Kier molecular flexibility index (Phi) is 3.15. The Hall–Kier alpha value is -2.74. The van der Waals surface area contributed by atoms with E-state index in [1.54, 1.807) is 23.6 Å². The summed E-state index contributed by atoms with van der Waals surface area (Å²) in [5, 5.41) is 11.1. The molecule has 2 heterocycles. The number of anilines is 1. The third kappa shape index (κ3) is 2.48. The average molecular weight is 302 g/mol. The molecule has 0 atom stereocenters. The zero-order valence-electron chi connectivity index (χ0n) is 10.7. The number of hydrogen-bond acceptors (Lipinski definition) is 6. The van der Waals surface area contributed by atoms with Crippen LogP contribution in [-0.4, -0.2) is 25.6 Å². The lowest BCUT2D eigenvalue weighted by Crippen LogP contribution is -2.19. The monoisotopic (exact) mass is 302 g/mol. The first-order valence-corrected chi connectivity index (χ1v) is 6.86. The molecule has 3 aromatic rings. The van der Waals surface area contributed by atoms with Gasteiger partial charge in [0.05, 0.1) is 23.0 Å². The summed E-state index contributed by atoms with van der Waals surface area (Å²) in [4.78, 5) is 31.4. The van der Waals surface area contributed by atoms with Gasteiger partial charge in [0, 0.05) is 11.1 Å². The molecule has 0 amide bonds. The van der Waals surface area contributed by atoms with E-state index in [-0.39, 0.29) is 12.0 Å². The van der Waals surface area contributed by atoms with Gasteiger partial charge in [0.2, 0.25) is 0 Å². The Morgan fingerprint density at radius 1 is 1.43 bits per heavy atom. The van der Waals surface area contributed by atoms with Gasteiger partial charge >= 0.3 is 5.97 Å². The zero-order chi connectivity index (χ0) is 15.0. The van der Waals surface area contributed by atoms with Crippen molar-refractivity contribution in [2.45, 2.75) is 6.42 Å². The number of aliphatic carboxylic acids is 1. The molecule has 0 unspecified atom stereocenters. The number of nitrogens with zero attached hydrogens (tertiary/aromatic N) is 3. The number of carboxylic acid groups (broad SMARTS) is 1. The van der Waals surface area contributed by atoms with E-state index in [2.05, 4.69) is 9.97 Å². The summed E-state index contributed by atoms with van der Waals surface area (Å²) in [5.41, 5.74) is 6.83. The van der Waals surface area contributed by atoms with Gasteiger partial charge in [-0.2, -0.15) is 0 Å². The van der Waals surface area contributed by atoms with E-state index in [4.69, 9.17) is 10.8 Å². The second-order valence-electron chi connectivity index (χ2n) is 4.39. The van der Waals surface area contributed by atoms with Gasteiger partial charge in [0.25, 0.3) is 5.56 Å². The number of carbonyl (C=O) groups is 1. The summed E-state index contributed by atoms with van der Waals surface area (Å²) in [6.45, 7) is 0. The van der Waals surface area contributed by atoms with Crippen molar-refractivity contribution in [1.82, 2.24) is 14.5 Å². The van der Waals surface area contributed by atoms with Crippen molar-refractivity contribution < 1.29 is 9.90 Å². The van der Waals surface area contributed by atoms with Crippen LogP contribution < -0.4 is 11.3 Å². The molecule has 0 saturated carbocycles. The van der Waals surface area contributed by atoms with Gasteiger partial charge in [-0.15, -0.1) is 11.3 Å². The molecule has 0 aliphatic carbocycles. The van der Waals surface area contributed by atoms with Gasteiger partial charge in [-0.25, -0.2) is 14.5 Å². The lowest BCUT2D eigenvalue weighted by Gasteiger charge is -2.03. The average Bonchev–Trinajstić information content (AvgIpc) is 2.87. The van der Waals surface area contributed by atoms with E-state index < -0.39 is 5.97 Å². The van der Waals surface area contributed by atoms with Gasteiger partial charge in [0.15, 0.2) is 5.13 Å². The number of benzene rings is 1. The largest absolute Gasteiger partial charge is 0.481 e. The van der Waals surface area contributed by atoms with Crippen molar-refractivity contribution in [2.75, 3.05) is 5.73 Å². The summed E-state index contributed by atoms with van der Waals surface area (Å²) in [6.07, 6.45) is 1.20. The first-order valence-electron chi connectivity index (χ1n) is 5.98. The number of rotatable bonds is 3. The SMILES string of the molecule is Nc1ccc2ncn(-c3nc(CC(=O)O)cs3)c(=O)c2c1. The van der Waals surface area contributed by atoms with Gasteiger partial charge in [-0.05, 0) is 18.2 Å². The summed E-state index contributed by atoms with van der Waals surface area (Å²) in [7, 11) is 0. The fraction of sp³-hybridized carbons (Fsp3) is 0.0769. The summed E-state index contributed by atoms with van der Waals surface area (Å²) >= 11 is 1.19. The fourth-order valence-corrected chi connectivity index (χ4v) is 2.71. The van der Waals surface area contributed by atoms with Crippen LogP contribution in [0.5, 0.6) is 0 Å². The number of carboxylic acids is 1. The maximum absolute atomic E-state index is 12.4. The van der Waals surface area contributed by atoms with E-state index in [0.717, 1.165) is 0 Å². The van der Waals surface area contributed by atoms with Crippen molar-refractivity contribution >= 4 is 33.9 Å². The smallest absolute Gasteiger partial charge is 0.309 e. The number of fused-ring (bicyclic) bond motifs is 1. The van der Waals surface area contributed by atoms with Crippen molar-refractivity contribution in [2.24, 2.45) is 0 Å². The first-order chi connectivity index (χ1) is 10.0. The van der Waals surface area contributed by atoms with Gasteiger partial charge in [0.1, 0.15) is 6.33 Å². The second-order valence-corrected chi connectivity index (χ2v) is 5.22. The molecule has 21 heavy (non-hydrogen) atoms. The first kappa shape index (κ1) is 13.3. The molecule has 3 rings (SSSR count). The Morgan fingerprint density at radius 3 is 3.00 bits per heavy atom. The lowest BCUT2D eigenvalue weighted by atomic mass is 10.2. The predicted octanol–water partition coefficient (Wildman–Crippen LogP) is 1.05. The quantitative estimate of drug-likeness (QED) is 0.700. The standard InChI is InChI=1S/C13H10N4O3S/c14-7-1-2-10-9(3-7)12(20)17(6-15-10)13-16-8(5-21-13)4-11(18)19/h1-3,5-6H,4,14H2,(H,18,19). The Labute approximate surface area is 122 Å². The van der Waals surface area contributed by atoms with Crippen molar-refractivity contribution in [3.63, 3.8) is 0 Å². The van der Waals surface area contributed by atoms with E-state index >= 15 is 0 Å². The molecule has 0 bridgehead atoms. The molecule has 0 spiro atoms. The van der Waals surface area contributed by atoms with E-state index in [1.165, 1.54) is 22.2 Å². The molecule has 0 aliphatic rings. The molecule has 2 aromatic heterocycles. The van der Waals surface area contributed by atoms with Gasteiger partial charge in [-0.1, -0.05) is 0 Å². The third-order valence-electron chi connectivity index (χ3n) is 2.86. The summed E-state index contributed by atoms with van der Waals surface area (Å²) < 4.78 is 1.29. The van der Waals surface area contributed by atoms with Crippen LogP contribution in [0.15, 0.2) is 34.7 Å². The number of thiazole rings is 1. The molecule has 0 saturated heterocycles. The lowest BCUT2D eigenvalue weighted by molar-refractivity contribution is -0.136. The highest BCUT2D eigenvalue weighted by Gasteiger charge is 2.11. The highest BCUT2D eigenvalue weighted by atomic mass is 32.1. The number of hydrogen-bond donors (Lipinski definition) is 2. The molecule has 8 heteroatoms. The summed E-state index contributed by atoms with van der Waals surface area (Å²) in [6, 6.07) is 4.91. The van der Waals surface area contributed by atoms with Crippen LogP contribution in [0.2, 0.25) is 0 Å². The molecule has 3 N–H and O–H groups in total. The number of nitrogens with two attached hydrogens (primary N) is 1. The Balaban J connectivity index is 2.12. The number of aromatic nitrogens is 3. The van der Waals surface area contributed by atoms with Crippen molar-refractivity contribution in [3.05, 3.63) is 46.0 Å². The van der Waals surface area contributed by atoms with E-state index in [0.29, 0.717) is 27.4 Å². The van der Waals surface area contributed by atoms with Crippen LogP contribution in [0, 0.1) is 0 Å². The highest BCUT2D eigenvalue weighted by molar-refractivity contribution is 7.12. The van der Waals surface area contributed by atoms with Crippen molar-refractivity contribution in [3.8, 4) is 5.13 Å². The minimum absolute atomic E-state index is 0.181. The maximum Gasteiger partial charge on any atom is 0.309 e. The summed E-state index contributed by atoms with van der Waals surface area (Å²) in [5.74, 6) is -0.969. The fourth-order valence-electron chi connectivity index (χ4n) is 1.92. The third-order valence-corrected chi connectivity index (χ3v) is 3.75. The minimum Gasteiger partial charge on any atom is -0.481 e. The molecular weight excluding hydrogens is 292 g/mol. The maximum atomic E-state index is 12.4. The molecule has 7 nitrogen and oxygen atoms in total.